The number of anilines is 1. The van der Waals surface area contributed by atoms with Gasteiger partial charge in [0.1, 0.15) is 5.76 Å². The van der Waals surface area contributed by atoms with Crippen molar-refractivity contribution in [2.45, 2.75) is 36.7 Å². The normalized spacial score (nSPS) is 14.3. The van der Waals surface area contributed by atoms with E-state index >= 15 is 0 Å². The largest absolute Gasteiger partial charge is 0.467 e. The Hall–Kier alpha value is -3.03. The van der Waals surface area contributed by atoms with Gasteiger partial charge in [0.25, 0.3) is 5.56 Å². The van der Waals surface area contributed by atoms with Crippen LogP contribution in [0, 0.1) is 0 Å². The molecule has 1 amide bonds. The van der Waals surface area contributed by atoms with Crippen LogP contribution in [0.2, 0.25) is 5.02 Å². The molecule has 2 aromatic heterocycles. The van der Waals surface area contributed by atoms with E-state index in [-0.39, 0.29) is 18.0 Å². The van der Waals surface area contributed by atoms with Gasteiger partial charge < -0.3 is 9.32 Å². The second-order valence-corrected chi connectivity index (χ2v) is 9.75. The third-order valence-electron chi connectivity index (χ3n) is 5.78. The number of carbonyl (C=O) groups excluding carboxylic acids is 1. The molecule has 3 heterocycles. The van der Waals surface area contributed by atoms with Gasteiger partial charge in [0, 0.05) is 17.3 Å². The molecule has 5 rings (SSSR count). The minimum absolute atomic E-state index is 0.00265. The van der Waals surface area contributed by atoms with Gasteiger partial charge in [-0.3, -0.25) is 14.2 Å². The Kier molecular flexibility index (Phi) is 6.00. The summed E-state index contributed by atoms with van der Waals surface area (Å²) in [6.45, 7) is 2.77. The first-order valence-corrected chi connectivity index (χ1v) is 12.1. The molecule has 0 fully saturated rings. The molecular formula is C25H22ClN3O3S. The fraction of sp³-hybridized carbons (Fsp3) is 0.240. The van der Waals surface area contributed by atoms with E-state index in [0.29, 0.717) is 33.4 Å². The number of hydrogen-bond donors (Lipinski definition) is 0. The number of benzene rings is 2. The molecule has 0 saturated carbocycles. The number of hydrogen-bond acceptors (Lipinski definition) is 5. The fourth-order valence-electron chi connectivity index (χ4n) is 4.15. The highest BCUT2D eigenvalue weighted by Crippen LogP contribution is 2.31. The van der Waals surface area contributed by atoms with Gasteiger partial charge in [-0.1, -0.05) is 41.6 Å². The lowest BCUT2D eigenvalue weighted by atomic mass is 10.0. The Labute approximate surface area is 200 Å². The van der Waals surface area contributed by atoms with Gasteiger partial charge in [0.05, 0.1) is 29.0 Å². The molecule has 0 bridgehead atoms. The monoisotopic (exact) mass is 479 g/mol. The number of para-hydroxylation sites is 1. The van der Waals surface area contributed by atoms with E-state index in [0.717, 1.165) is 18.5 Å². The van der Waals surface area contributed by atoms with Gasteiger partial charge >= 0.3 is 0 Å². The molecule has 1 atom stereocenters. The summed E-state index contributed by atoms with van der Waals surface area (Å²) in [5.41, 5.74) is 2.46. The third kappa shape index (κ3) is 4.30. The Morgan fingerprint density at radius 1 is 1.21 bits per heavy atom. The zero-order chi connectivity index (χ0) is 22.9. The quantitative estimate of drug-likeness (QED) is 0.292. The van der Waals surface area contributed by atoms with Crippen LogP contribution in [0.5, 0.6) is 0 Å². The number of aromatic nitrogens is 2. The van der Waals surface area contributed by atoms with Gasteiger partial charge in [-0.05, 0) is 61.7 Å². The molecule has 8 heteroatoms. The molecule has 0 radical (unpaired) electrons. The summed E-state index contributed by atoms with van der Waals surface area (Å²) in [4.78, 5) is 33.3. The number of nitrogens with zero attached hydrogens (tertiary/aromatic N) is 3. The second kappa shape index (κ2) is 9.08. The van der Waals surface area contributed by atoms with Crippen molar-refractivity contribution in [1.82, 2.24) is 9.55 Å². The number of thioether (sulfide) groups is 1. The molecule has 4 aromatic rings. The highest BCUT2D eigenvalue weighted by Gasteiger charge is 2.28. The maximum atomic E-state index is 13.4. The van der Waals surface area contributed by atoms with Crippen LogP contribution in [0.4, 0.5) is 5.69 Å². The minimum Gasteiger partial charge on any atom is -0.467 e. The molecule has 0 saturated heterocycles. The number of aryl methyl sites for hydroxylation is 1. The van der Waals surface area contributed by atoms with Gasteiger partial charge in [-0.15, -0.1) is 0 Å². The van der Waals surface area contributed by atoms with Crippen molar-refractivity contribution >= 4 is 45.9 Å². The highest BCUT2D eigenvalue weighted by atomic mass is 35.5. The molecule has 0 aliphatic carbocycles. The first-order chi connectivity index (χ1) is 16.0. The molecule has 0 N–H and O–H groups in total. The lowest BCUT2D eigenvalue weighted by molar-refractivity contribution is -0.117. The SMILES string of the molecule is CC(Sc1nc2cc(Cl)ccc2c(=O)n1Cc1ccco1)C(=O)N1CCCc2ccccc21. The molecule has 1 aliphatic heterocycles. The van der Waals surface area contributed by atoms with E-state index in [1.807, 2.05) is 36.1 Å². The van der Waals surface area contributed by atoms with E-state index in [9.17, 15) is 9.59 Å². The van der Waals surface area contributed by atoms with E-state index in [4.69, 9.17) is 21.0 Å². The van der Waals surface area contributed by atoms with Crippen LogP contribution >= 0.6 is 23.4 Å². The molecular weight excluding hydrogens is 458 g/mol. The number of fused-ring (bicyclic) bond motifs is 2. The summed E-state index contributed by atoms with van der Waals surface area (Å²) in [7, 11) is 0. The summed E-state index contributed by atoms with van der Waals surface area (Å²) in [5, 5.41) is 0.988. The Bertz CT molecular complexity index is 1380. The van der Waals surface area contributed by atoms with E-state index < -0.39 is 5.25 Å². The maximum Gasteiger partial charge on any atom is 0.262 e. The van der Waals surface area contributed by atoms with Gasteiger partial charge in [0.2, 0.25) is 5.91 Å². The van der Waals surface area contributed by atoms with Crippen molar-refractivity contribution in [3.63, 3.8) is 0 Å². The van der Waals surface area contributed by atoms with Crippen LogP contribution in [0.15, 0.2) is 75.2 Å². The lowest BCUT2D eigenvalue weighted by Crippen LogP contribution is -2.40. The summed E-state index contributed by atoms with van der Waals surface area (Å²) in [6, 6.07) is 16.6. The molecule has 1 aliphatic rings. The van der Waals surface area contributed by atoms with E-state index in [1.165, 1.54) is 17.3 Å². The number of halogens is 1. The van der Waals surface area contributed by atoms with E-state index in [1.54, 1.807) is 35.1 Å². The minimum atomic E-state index is -0.442. The summed E-state index contributed by atoms with van der Waals surface area (Å²) in [6.07, 6.45) is 3.47. The lowest BCUT2D eigenvalue weighted by Gasteiger charge is -2.31. The maximum absolute atomic E-state index is 13.4. The van der Waals surface area contributed by atoms with Crippen LogP contribution in [0.3, 0.4) is 0 Å². The molecule has 2 aromatic carbocycles. The van der Waals surface area contributed by atoms with Crippen LogP contribution in [-0.2, 0) is 17.8 Å². The fourth-order valence-corrected chi connectivity index (χ4v) is 5.29. The van der Waals surface area contributed by atoms with Crippen LogP contribution in [-0.4, -0.2) is 27.3 Å². The third-order valence-corrected chi connectivity index (χ3v) is 7.10. The van der Waals surface area contributed by atoms with Gasteiger partial charge in [-0.2, -0.15) is 0 Å². The Morgan fingerprint density at radius 2 is 2.06 bits per heavy atom. The summed E-state index contributed by atoms with van der Waals surface area (Å²) in [5.74, 6) is 0.634. The summed E-state index contributed by atoms with van der Waals surface area (Å²) < 4.78 is 7.04. The molecule has 168 valence electrons. The van der Waals surface area contributed by atoms with Crippen molar-refractivity contribution in [2.75, 3.05) is 11.4 Å². The number of carbonyl (C=O) groups is 1. The first-order valence-electron chi connectivity index (χ1n) is 10.8. The Morgan fingerprint density at radius 3 is 2.88 bits per heavy atom. The number of furan rings is 1. The van der Waals surface area contributed by atoms with Crippen molar-refractivity contribution in [3.8, 4) is 0 Å². The topological polar surface area (TPSA) is 68.3 Å². The van der Waals surface area contributed by atoms with Crippen LogP contribution in [0.25, 0.3) is 10.9 Å². The van der Waals surface area contributed by atoms with Crippen molar-refractivity contribution in [3.05, 3.63) is 87.6 Å². The predicted octanol–water partition coefficient (Wildman–Crippen LogP) is 5.15. The number of amides is 1. The average Bonchev–Trinajstić information content (AvgIpc) is 3.34. The summed E-state index contributed by atoms with van der Waals surface area (Å²) >= 11 is 7.43. The standard InChI is InChI=1S/C25H22ClN3O3S/c1-16(23(30)28-12-4-7-17-6-2-3-9-22(17)28)33-25-27-21-14-18(26)10-11-20(21)24(31)29(25)15-19-8-5-13-32-19/h2-3,5-6,8-11,13-14,16H,4,7,12,15H2,1H3. The predicted molar refractivity (Wildman–Crippen MR) is 131 cm³/mol. The van der Waals surface area contributed by atoms with Crippen molar-refractivity contribution < 1.29 is 9.21 Å². The first kappa shape index (κ1) is 21.8. The van der Waals surface area contributed by atoms with E-state index in [2.05, 4.69) is 6.07 Å². The van der Waals surface area contributed by atoms with Crippen molar-refractivity contribution in [2.24, 2.45) is 0 Å². The average molecular weight is 480 g/mol. The second-order valence-electron chi connectivity index (χ2n) is 8.01. The Balaban J connectivity index is 1.51. The molecule has 1 unspecified atom stereocenters. The zero-order valence-corrected chi connectivity index (χ0v) is 19.6. The van der Waals surface area contributed by atoms with Gasteiger partial charge in [-0.25, -0.2) is 4.98 Å². The molecule has 6 nitrogen and oxygen atoms in total. The zero-order valence-electron chi connectivity index (χ0n) is 18.0. The number of rotatable bonds is 5. The smallest absolute Gasteiger partial charge is 0.262 e. The highest BCUT2D eigenvalue weighted by molar-refractivity contribution is 8.00. The van der Waals surface area contributed by atoms with Gasteiger partial charge in [0.15, 0.2) is 5.16 Å². The van der Waals surface area contributed by atoms with Crippen LogP contribution < -0.4 is 10.5 Å². The molecule has 0 spiro atoms. The van der Waals surface area contributed by atoms with Crippen LogP contribution in [0.1, 0.15) is 24.7 Å². The molecule has 33 heavy (non-hydrogen) atoms. The van der Waals surface area contributed by atoms with Crippen molar-refractivity contribution in [1.29, 1.82) is 0 Å².